The Hall–Kier alpha value is -1.32. The number of hydrogen-bond donors (Lipinski definition) is 0. The average molecular weight is 270 g/mol. The molecule has 2 rings (SSSR count). The molecule has 88 valence electrons. The van der Waals surface area contributed by atoms with Crippen LogP contribution in [0.2, 0.25) is 10.0 Å². The number of oxime groups is 1. The summed E-state index contributed by atoms with van der Waals surface area (Å²) < 4.78 is 0. The van der Waals surface area contributed by atoms with Crippen molar-refractivity contribution in [3.05, 3.63) is 45.0 Å². The summed E-state index contributed by atoms with van der Waals surface area (Å²) in [7, 11) is 1.42. The molecular weight excluding hydrogens is 261 g/mol. The van der Waals surface area contributed by atoms with E-state index in [4.69, 9.17) is 23.2 Å². The number of allylic oxidation sites excluding steroid dienone is 2. The maximum Gasteiger partial charge on any atom is 0.194 e. The highest BCUT2D eigenvalue weighted by atomic mass is 35.5. The molecule has 0 atom stereocenters. The zero-order chi connectivity index (χ0) is 12.4. The smallest absolute Gasteiger partial charge is 0.194 e. The van der Waals surface area contributed by atoms with E-state index < -0.39 is 0 Å². The number of carbonyl (C=O) groups excluding carboxylic acids is 1. The molecule has 0 heterocycles. The molecule has 0 radical (unpaired) electrons. The molecule has 0 fully saturated rings. The first-order valence-corrected chi connectivity index (χ1v) is 5.68. The van der Waals surface area contributed by atoms with Crippen LogP contribution < -0.4 is 0 Å². The van der Waals surface area contributed by atoms with Gasteiger partial charge in [0.2, 0.25) is 0 Å². The van der Waals surface area contributed by atoms with Crippen LogP contribution in [0.4, 0.5) is 0 Å². The molecule has 0 spiro atoms. The summed E-state index contributed by atoms with van der Waals surface area (Å²) in [6.45, 7) is 0. The molecule has 0 N–H and O–H groups in total. The van der Waals surface area contributed by atoms with Gasteiger partial charge in [0.1, 0.15) is 7.11 Å². The highest BCUT2D eigenvalue weighted by molar-refractivity contribution is 6.36. The number of nitrogens with zero attached hydrogens (tertiary/aromatic N) is 1. The molecule has 0 saturated heterocycles. The molecular formula is C12H9Cl2NO2. The van der Waals surface area contributed by atoms with Crippen LogP contribution in [-0.4, -0.2) is 19.1 Å². The van der Waals surface area contributed by atoms with Gasteiger partial charge in [0.15, 0.2) is 5.78 Å². The van der Waals surface area contributed by atoms with Crippen molar-refractivity contribution >= 4 is 35.2 Å². The number of ketones is 1. The van der Waals surface area contributed by atoms with Crippen molar-refractivity contribution < 1.29 is 9.63 Å². The molecule has 3 nitrogen and oxygen atoms in total. The van der Waals surface area contributed by atoms with Gasteiger partial charge < -0.3 is 4.84 Å². The molecule has 0 saturated carbocycles. The fourth-order valence-electron chi connectivity index (χ4n) is 1.69. The van der Waals surface area contributed by atoms with E-state index in [0.717, 1.165) is 5.56 Å². The quantitative estimate of drug-likeness (QED) is 0.611. The topological polar surface area (TPSA) is 38.7 Å². The Balaban J connectivity index is 2.44. The molecule has 1 aromatic carbocycles. The normalized spacial score (nSPS) is 14.8. The van der Waals surface area contributed by atoms with Crippen molar-refractivity contribution in [3.63, 3.8) is 0 Å². The van der Waals surface area contributed by atoms with Crippen molar-refractivity contribution in [2.45, 2.75) is 6.42 Å². The van der Waals surface area contributed by atoms with Gasteiger partial charge >= 0.3 is 0 Å². The minimum Gasteiger partial charge on any atom is -0.399 e. The van der Waals surface area contributed by atoms with Gasteiger partial charge in [-0.2, -0.15) is 0 Å². The second-order valence-corrected chi connectivity index (χ2v) is 4.37. The Bertz CT molecular complexity index is 536. The summed E-state index contributed by atoms with van der Waals surface area (Å²) >= 11 is 11.9. The third kappa shape index (κ3) is 2.35. The van der Waals surface area contributed by atoms with E-state index in [1.54, 1.807) is 18.2 Å². The van der Waals surface area contributed by atoms with Crippen LogP contribution in [0.15, 0.2) is 28.9 Å². The summed E-state index contributed by atoms with van der Waals surface area (Å²) in [5.41, 5.74) is 1.82. The maximum absolute atomic E-state index is 12.1. The van der Waals surface area contributed by atoms with E-state index in [9.17, 15) is 4.79 Å². The van der Waals surface area contributed by atoms with Crippen LogP contribution in [0.1, 0.15) is 15.9 Å². The van der Waals surface area contributed by atoms with Gasteiger partial charge in [0.05, 0.1) is 6.21 Å². The first kappa shape index (κ1) is 12.1. The van der Waals surface area contributed by atoms with Gasteiger partial charge in [0, 0.05) is 21.2 Å². The van der Waals surface area contributed by atoms with Gasteiger partial charge in [0.25, 0.3) is 0 Å². The summed E-state index contributed by atoms with van der Waals surface area (Å²) in [5.74, 6) is -0.142. The fraction of sp³-hybridized carbons (Fsp3) is 0.167. The lowest BCUT2D eigenvalue weighted by Gasteiger charge is -2.15. The van der Waals surface area contributed by atoms with Gasteiger partial charge in [-0.15, -0.1) is 0 Å². The van der Waals surface area contributed by atoms with Crippen LogP contribution in [0.25, 0.3) is 0 Å². The SMILES string of the molecule is CO/N=C/C1=CCc2c(Cl)cc(Cl)cc2C1=O. The minimum atomic E-state index is -0.142. The van der Waals surface area contributed by atoms with Crippen LogP contribution in [0.5, 0.6) is 0 Å². The molecule has 0 amide bonds. The van der Waals surface area contributed by atoms with Gasteiger partial charge in [-0.05, 0) is 24.1 Å². The summed E-state index contributed by atoms with van der Waals surface area (Å²) in [5, 5.41) is 4.55. The first-order chi connectivity index (χ1) is 8.13. The molecule has 1 aliphatic carbocycles. The molecule has 17 heavy (non-hydrogen) atoms. The van der Waals surface area contributed by atoms with Crippen LogP contribution in [0, 0.1) is 0 Å². The highest BCUT2D eigenvalue weighted by Crippen LogP contribution is 2.30. The Morgan fingerprint density at radius 2 is 2.18 bits per heavy atom. The Labute approximate surface area is 109 Å². The number of fused-ring (bicyclic) bond motifs is 1. The minimum absolute atomic E-state index is 0.142. The summed E-state index contributed by atoms with van der Waals surface area (Å²) in [6, 6.07) is 3.26. The predicted molar refractivity (Wildman–Crippen MR) is 68.1 cm³/mol. The van der Waals surface area contributed by atoms with E-state index in [-0.39, 0.29) is 5.78 Å². The highest BCUT2D eigenvalue weighted by Gasteiger charge is 2.22. The van der Waals surface area contributed by atoms with Gasteiger partial charge in [-0.3, -0.25) is 4.79 Å². The average Bonchev–Trinajstić information content (AvgIpc) is 2.29. The zero-order valence-corrected chi connectivity index (χ0v) is 10.5. The largest absolute Gasteiger partial charge is 0.399 e. The lowest BCUT2D eigenvalue weighted by molar-refractivity contribution is 0.103. The number of benzene rings is 1. The predicted octanol–water partition coefficient (Wildman–Crippen LogP) is 3.29. The van der Waals surface area contributed by atoms with Crippen LogP contribution >= 0.6 is 23.2 Å². The molecule has 1 aromatic rings. The number of carbonyl (C=O) groups is 1. The van der Waals surface area contributed by atoms with Crippen molar-refractivity contribution in [2.75, 3.05) is 7.11 Å². The molecule has 0 bridgehead atoms. The number of Topliss-reactive ketones (excluding diaryl/α,β-unsaturated/α-hetero) is 1. The van der Waals surface area contributed by atoms with Crippen molar-refractivity contribution in [2.24, 2.45) is 5.16 Å². The van der Waals surface area contributed by atoms with E-state index in [0.29, 0.717) is 27.6 Å². The number of hydrogen-bond acceptors (Lipinski definition) is 3. The molecule has 5 heteroatoms. The zero-order valence-electron chi connectivity index (χ0n) is 9.04. The molecule has 0 aliphatic heterocycles. The van der Waals surface area contributed by atoms with E-state index >= 15 is 0 Å². The first-order valence-electron chi connectivity index (χ1n) is 4.92. The van der Waals surface area contributed by atoms with Crippen molar-refractivity contribution in [3.8, 4) is 0 Å². The third-order valence-corrected chi connectivity index (χ3v) is 3.05. The number of halogens is 2. The lowest BCUT2D eigenvalue weighted by atomic mass is 9.91. The monoisotopic (exact) mass is 269 g/mol. The van der Waals surface area contributed by atoms with E-state index in [2.05, 4.69) is 9.99 Å². The fourth-order valence-corrected chi connectivity index (χ4v) is 2.27. The van der Waals surface area contributed by atoms with Crippen LogP contribution in [-0.2, 0) is 11.3 Å². The standard InChI is InChI=1S/C12H9Cl2NO2/c1-17-15-6-7-2-3-9-10(12(7)16)4-8(13)5-11(9)14/h2,4-6H,3H2,1H3/b15-6+. The van der Waals surface area contributed by atoms with E-state index in [1.165, 1.54) is 13.3 Å². The molecule has 0 aromatic heterocycles. The Kier molecular flexibility index (Phi) is 3.50. The second kappa shape index (κ2) is 4.90. The van der Waals surface area contributed by atoms with E-state index in [1.807, 2.05) is 0 Å². The Morgan fingerprint density at radius 1 is 1.41 bits per heavy atom. The lowest BCUT2D eigenvalue weighted by Crippen LogP contribution is -2.13. The summed E-state index contributed by atoms with van der Waals surface area (Å²) in [4.78, 5) is 16.6. The van der Waals surface area contributed by atoms with Crippen molar-refractivity contribution in [1.29, 1.82) is 0 Å². The third-order valence-electron chi connectivity index (χ3n) is 2.49. The Morgan fingerprint density at radius 3 is 2.88 bits per heavy atom. The van der Waals surface area contributed by atoms with Crippen LogP contribution in [0.3, 0.4) is 0 Å². The maximum atomic E-state index is 12.1. The van der Waals surface area contributed by atoms with Gasteiger partial charge in [-0.1, -0.05) is 34.4 Å². The number of rotatable bonds is 2. The second-order valence-electron chi connectivity index (χ2n) is 3.52. The van der Waals surface area contributed by atoms with Crippen molar-refractivity contribution in [1.82, 2.24) is 0 Å². The summed E-state index contributed by atoms with van der Waals surface area (Å²) in [6.07, 6.45) is 3.75. The van der Waals surface area contributed by atoms with Gasteiger partial charge in [-0.25, -0.2) is 0 Å². The molecule has 0 unspecified atom stereocenters. The molecule has 1 aliphatic rings.